The molecule has 0 radical (unpaired) electrons. The average molecular weight is 274 g/mol. The van der Waals surface area contributed by atoms with Gasteiger partial charge in [0, 0.05) is 12.2 Å². The topological polar surface area (TPSA) is 62.2 Å². The van der Waals surface area contributed by atoms with Gasteiger partial charge >= 0.3 is 5.97 Å². The zero-order valence-corrected chi connectivity index (χ0v) is 11.1. The first-order valence-corrected chi connectivity index (χ1v) is 6.25. The van der Waals surface area contributed by atoms with Gasteiger partial charge < -0.3 is 10.4 Å². The van der Waals surface area contributed by atoms with Crippen LogP contribution in [0.5, 0.6) is 0 Å². The van der Waals surface area contributed by atoms with Gasteiger partial charge in [0.25, 0.3) is 0 Å². The van der Waals surface area contributed by atoms with E-state index in [0.717, 1.165) is 5.56 Å². The van der Waals surface area contributed by atoms with Gasteiger partial charge in [-0.15, -0.1) is 0 Å². The fourth-order valence-corrected chi connectivity index (χ4v) is 1.91. The van der Waals surface area contributed by atoms with E-state index in [9.17, 15) is 9.18 Å². The van der Waals surface area contributed by atoms with Crippen LogP contribution in [0, 0.1) is 12.7 Å². The van der Waals surface area contributed by atoms with Crippen LogP contribution in [0.4, 0.5) is 10.2 Å². The zero-order valence-electron chi connectivity index (χ0n) is 11.1. The molecule has 0 atom stereocenters. The molecular weight excluding hydrogens is 259 g/mol. The third-order valence-electron chi connectivity index (χ3n) is 2.81. The number of aromatic carboxylic acids is 1. The number of pyridine rings is 1. The lowest BCUT2D eigenvalue weighted by Crippen LogP contribution is -2.08. The van der Waals surface area contributed by atoms with Crippen molar-refractivity contribution >= 4 is 11.8 Å². The fraction of sp³-hybridized carbons (Fsp3) is 0.200. The van der Waals surface area contributed by atoms with Crippen LogP contribution in [0.25, 0.3) is 0 Å². The Kier molecular flexibility index (Phi) is 4.30. The molecule has 2 N–H and O–H groups in total. The summed E-state index contributed by atoms with van der Waals surface area (Å²) in [5, 5.41) is 12.0. The van der Waals surface area contributed by atoms with E-state index < -0.39 is 5.97 Å². The maximum absolute atomic E-state index is 13.0. The summed E-state index contributed by atoms with van der Waals surface area (Å²) in [6.07, 6.45) is 0.635. The number of benzene rings is 1. The summed E-state index contributed by atoms with van der Waals surface area (Å²) >= 11 is 0. The number of halogens is 1. The third kappa shape index (κ3) is 3.78. The van der Waals surface area contributed by atoms with Crippen molar-refractivity contribution in [3.05, 3.63) is 59.0 Å². The molecule has 4 nitrogen and oxygen atoms in total. The summed E-state index contributed by atoms with van der Waals surface area (Å²) in [7, 11) is 0. The SMILES string of the molecule is Cc1cc(C(=O)O)cc(NCCc2cccc(F)c2)n1. The summed E-state index contributed by atoms with van der Waals surface area (Å²) in [5.41, 5.74) is 1.72. The summed E-state index contributed by atoms with van der Waals surface area (Å²) in [6, 6.07) is 9.39. The smallest absolute Gasteiger partial charge is 0.335 e. The number of hydrogen-bond donors (Lipinski definition) is 2. The average Bonchev–Trinajstić information content (AvgIpc) is 2.38. The molecule has 2 rings (SSSR count). The van der Waals surface area contributed by atoms with E-state index in [1.165, 1.54) is 24.3 Å². The number of carboxylic acid groups (broad SMARTS) is 1. The summed E-state index contributed by atoms with van der Waals surface area (Å²) in [6.45, 7) is 2.29. The molecule has 0 fully saturated rings. The quantitative estimate of drug-likeness (QED) is 0.880. The van der Waals surface area contributed by atoms with Crippen molar-refractivity contribution in [2.24, 2.45) is 0 Å². The second-order valence-corrected chi connectivity index (χ2v) is 4.49. The van der Waals surface area contributed by atoms with Gasteiger partial charge in [-0.25, -0.2) is 14.2 Å². The lowest BCUT2D eigenvalue weighted by molar-refractivity contribution is 0.0696. The molecule has 1 heterocycles. The van der Waals surface area contributed by atoms with Crippen LogP contribution in [-0.4, -0.2) is 22.6 Å². The number of rotatable bonds is 5. The third-order valence-corrected chi connectivity index (χ3v) is 2.81. The van der Waals surface area contributed by atoms with E-state index >= 15 is 0 Å². The summed E-state index contributed by atoms with van der Waals surface area (Å²) < 4.78 is 13.0. The molecule has 0 aliphatic heterocycles. The molecule has 2 aromatic rings. The van der Waals surface area contributed by atoms with Crippen LogP contribution in [0.15, 0.2) is 36.4 Å². The van der Waals surface area contributed by atoms with Gasteiger partial charge in [-0.2, -0.15) is 0 Å². The molecule has 104 valence electrons. The standard InChI is InChI=1S/C15H15FN2O2/c1-10-7-12(15(19)20)9-14(18-10)17-6-5-11-3-2-4-13(16)8-11/h2-4,7-9H,5-6H2,1H3,(H,17,18)(H,19,20). The Balaban J connectivity index is 1.99. The van der Waals surface area contributed by atoms with Crippen molar-refractivity contribution in [1.29, 1.82) is 0 Å². The first-order chi connectivity index (χ1) is 9.54. The van der Waals surface area contributed by atoms with Crippen LogP contribution >= 0.6 is 0 Å². The van der Waals surface area contributed by atoms with Gasteiger partial charge in [0.15, 0.2) is 0 Å². The van der Waals surface area contributed by atoms with Crippen molar-refractivity contribution in [2.45, 2.75) is 13.3 Å². The number of hydrogen-bond acceptors (Lipinski definition) is 3. The molecule has 20 heavy (non-hydrogen) atoms. The van der Waals surface area contributed by atoms with Crippen molar-refractivity contribution < 1.29 is 14.3 Å². The molecule has 0 unspecified atom stereocenters. The molecule has 1 aromatic carbocycles. The van der Waals surface area contributed by atoms with E-state index in [1.54, 1.807) is 13.0 Å². The van der Waals surface area contributed by atoms with Crippen molar-refractivity contribution in [3.63, 3.8) is 0 Å². The van der Waals surface area contributed by atoms with Gasteiger partial charge in [0.2, 0.25) is 0 Å². The summed E-state index contributed by atoms with van der Waals surface area (Å²) in [5.74, 6) is -0.730. The highest BCUT2D eigenvalue weighted by Crippen LogP contribution is 2.11. The minimum absolute atomic E-state index is 0.200. The number of anilines is 1. The molecule has 5 heteroatoms. The lowest BCUT2D eigenvalue weighted by Gasteiger charge is -2.08. The van der Waals surface area contributed by atoms with E-state index in [2.05, 4.69) is 10.3 Å². The molecule has 0 saturated carbocycles. The highest BCUT2D eigenvalue weighted by molar-refractivity contribution is 5.88. The Labute approximate surface area is 116 Å². The first kappa shape index (κ1) is 14.0. The molecule has 0 amide bonds. The number of carboxylic acids is 1. The lowest BCUT2D eigenvalue weighted by atomic mass is 10.1. The number of nitrogens with one attached hydrogen (secondary N) is 1. The molecular formula is C15H15FN2O2. The van der Waals surface area contributed by atoms with E-state index in [4.69, 9.17) is 5.11 Å². The molecule has 0 bridgehead atoms. The van der Waals surface area contributed by atoms with Crippen LogP contribution < -0.4 is 5.32 Å². The van der Waals surface area contributed by atoms with Crippen molar-refractivity contribution in [3.8, 4) is 0 Å². The summed E-state index contributed by atoms with van der Waals surface area (Å²) in [4.78, 5) is 15.2. The second-order valence-electron chi connectivity index (χ2n) is 4.49. The van der Waals surface area contributed by atoms with Crippen LogP contribution in [-0.2, 0) is 6.42 Å². The van der Waals surface area contributed by atoms with Gasteiger partial charge in [0.1, 0.15) is 11.6 Å². The van der Waals surface area contributed by atoms with Crippen LogP contribution in [0.2, 0.25) is 0 Å². The van der Waals surface area contributed by atoms with Crippen LogP contribution in [0.3, 0.4) is 0 Å². The molecule has 0 spiro atoms. The molecule has 0 aliphatic carbocycles. The van der Waals surface area contributed by atoms with Crippen molar-refractivity contribution in [1.82, 2.24) is 4.98 Å². The van der Waals surface area contributed by atoms with Crippen LogP contribution in [0.1, 0.15) is 21.6 Å². The highest BCUT2D eigenvalue weighted by atomic mass is 19.1. The Morgan fingerprint density at radius 2 is 2.15 bits per heavy atom. The maximum Gasteiger partial charge on any atom is 0.335 e. The molecule has 0 aliphatic rings. The Hall–Kier alpha value is -2.43. The molecule has 0 saturated heterocycles. The van der Waals surface area contributed by atoms with E-state index in [-0.39, 0.29) is 11.4 Å². The Bertz CT molecular complexity index is 629. The van der Waals surface area contributed by atoms with E-state index in [0.29, 0.717) is 24.5 Å². The number of carbonyl (C=O) groups is 1. The number of aromatic nitrogens is 1. The minimum Gasteiger partial charge on any atom is -0.478 e. The van der Waals surface area contributed by atoms with E-state index in [1.807, 2.05) is 6.07 Å². The van der Waals surface area contributed by atoms with Gasteiger partial charge in [-0.05, 0) is 43.2 Å². The number of nitrogens with zero attached hydrogens (tertiary/aromatic N) is 1. The maximum atomic E-state index is 13.0. The predicted octanol–water partition coefficient (Wildman–Crippen LogP) is 2.88. The fourth-order valence-electron chi connectivity index (χ4n) is 1.91. The highest BCUT2D eigenvalue weighted by Gasteiger charge is 2.06. The monoisotopic (exact) mass is 274 g/mol. The first-order valence-electron chi connectivity index (χ1n) is 6.25. The predicted molar refractivity (Wildman–Crippen MR) is 74.5 cm³/mol. The second kappa shape index (κ2) is 6.14. The van der Waals surface area contributed by atoms with Gasteiger partial charge in [-0.1, -0.05) is 12.1 Å². The zero-order chi connectivity index (χ0) is 14.5. The van der Waals surface area contributed by atoms with Gasteiger partial charge in [0.05, 0.1) is 5.56 Å². The number of aryl methyl sites for hydroxylation is 1. The Morgan fingerprint density at radius 3 is 2.85 bits per heavy atom. The van der Waals surface area contributed by atoms with Gasteiger partial charge in [-0.3, -0.25) is 0 Å². The largest absolute Gasteiger partial charge is 0.478 e. The van der Waals surface area contributed by atoms with Crippen molar-refractivity contribution in [2.75, 3.05) is 11.9 Å². The molecule has 1 aromatic heterocycles. The minimum atomic E-state index is -0.983. The normalized spacial score (nSPS) is 10.3. The Morgan fingerprint density at radius 1 is 1.35 bits per heavy atom.